The van der Waals surface area contributed by atoms with Crippen molar-refractivity contribution in [2.24, 2.45) is 0 Å². The zero-order valence-corrected chi connectivity index (χ0v) is 12.6. The van der Waals surface area contributed by atoms with Gasteiger partial charge in [0.1, 0.15) is 0 Å². The quantitative estimate of drug-likeness (QED) is 0.850. The smallest absolute Gasteiger partial charge is 0.151 e. The van der Waals surface area contributed by atoms with E-state index in [1.807, 2.05) is 0 Å². The lowest BCUT2D eigenvalue weighted by molar-refractivity contribution is 0.663. The largest absolute Gasteiger partial charge is 0.350 e. The number of anilines is 1. The zero-order chi connectivity index (χ0) is 13.8. The molecule has 4 nitrogen and oxygen atoms in total. The fraction of sp³-hybridized carbons (Fsp3) is 0.467. The highest BCUT2D eigenvalue weighted by molar-refractivity contribution is 7.09. The van der Waals surface area contributed by atoms with Crippen molar-refractivity contribution in [2.45, 2.75) is 38.9 Å². The summed E-state index contributed by atoms with van der Waals surface area (Å²) in [5.74, 6) is 0.955. The molecule has 0 unspecified atom stereocenters. The molecule has 1 fully saturated rings. The molecular formula is C15H20N4S. The summed E-state index contributed by atoms with van der Waals surface area (Å²) in [5, 5.41) is 14.3. The van der Waals surface area contributed by atoms with Crippen molar-refractivity contribution in [2.75, 3.05) is 11.4 Å². The summed E-state index contributed by atoms with van der Waals surface area (Å²) >= 11 is 1.78. The minimum atomic E-state index is 0.711. The third kappa shape index (κ3) is 3.55. The molecule has 0 spiro atoms. The summed E-state index contributed by atoms with van der Waals surface area (Å²) in [7, 11) is 0. The lowest BCUT2D eigenvalue weighted by Crippen LogP contribution is -2.23. The predicted molar refractivity (Wildman–Crippen MR) is 82.9 cm³/mol. The molecule has 3 rings (SSSR count). The van der Waals surface area contributed by atoms with Gasteiger partial charge in [0.2, 0.25) is 0 Å². The second kappa shape index (κ2) is 6.33. The van der Waals surface area contributed by atoms with E-state index in [0.29, 0.717) is 6.04 Å². The average molecular weight is 288 g/mol. The van der Waals surface area contributed by atoms with Gasteiger partial charge in [-0.25, -0.2) is 0 Å². The van der Waals surface area contributed by atoms with Crippen LogP contribution in [0.1, 0.15) is 30.3 Å². The monoisotopic (exact) mass is 288 g/mol. The van der Waals surface area contributed by atoms with E-state index in [2.05, 4.69) is 57.0 Å². The Morgan fingerprint density at radius 3 is 2.80 bits per heavy atom. The molecule has 0 aromatic carbocycles. The summed E-state index contributed by atoms with van der Waals surface area (Å²) in [6.07, 6.45) is 2.60. The van der Waals surface area contributed by atoms with Gasteiger partial charge >= 0.3 is 0 Å². The highest BCUT2D eigenvalue weighted by atomic mass is 32.1. The predicted octanol–water partition coefficient (Wildman–Crippen LogP) is 2.82. The molecule has 20 heavy (non-hydrogen) atoms. The van der Waals surface area contributed by atoms with Crippen molar-refractivity contribution >= 4 is 17.2 Å². The molecule has 0 amide bonds. The standard InChI is InChI=1S/C15H20N4S/c1-2-19(11-14-4-3-9-20-14)15-8-7-13(17-18-15)10-16-12-5-6-12/h3-4,7-9,12,16H,2,5-6,10-11H2,1H3. The number of thiophene rings is 1. The first-order valence-corrected chi connectivity index (χ1v) is 8.06. The van der Waals surface area contributed by atoms with Crippen LogP contribution in [0.4, 0.5) is 5.82 Å². The number of hydrogen-bond donors (Lipinski definition) is 1. The number of nitrogens with one attached hydrogen (secondary N) is 1. The van der Waals surface area contributed by atoms with Crippen molar-refractivity contribution in [3.63, 3.8) is 0 Å². The molecule has 2 heterocycles. The van der Waals surface area contributed by atoms with E-state index in [-0.39, 0.29) is 0 Å². The second-order valence-electron chi connectivity index (χ2n) is 5.13. The molecule has 1 saturated carbocycles. The number of rotatable bonds is 7. The second-order valence-corrected chi connectivity index (χ2v) is 6.16. The summed E-state index contributed by atoms with van der Waals surface area (Å²) in [4.78, 5) is 3.60. The fourth-order valence-electron chi connectivity index (χ4n) is 2.10. The molecule has 1 aliphatic rings. The van der Waals surface area contributed by atoms with E-state index < -0.39 is 0 Å². The van der Waals surface area contributed by atoms with Crippen LogP contribution >= 0.6 is 11.3 Å². The van der Waals surface area contributed by atoms with Crippen molar-refractivity contribution in [1.82, 2.24) is 15.5 Å². The Kier molecular flexibility index (Phi) is 4.28. The summed E-state index contributed by atoms with van der Waals surface area (Å²) in [6, 6.07) is 9.12. The van der Waals surface area contributed by atoms with Crippen LogP contribution in [0.5, 0.6) is 0 Å². The summed E-state index contributed by atoms with van der Waals surface area (Å²) in [5.41, 5.74) is 1.02. The normalized spacial score (nSPS) is 14.4. The molecule has 0 atom stereocenters. The first kappa shape index (κ1) is 13.5. The van der Waals surface area contributed by atoms with Gasteiger partial charge in [0.05, 0.1) is 12.2 Å². The molecular weight excluding hydrogens is 268 g/mol. The van der Waals surface area contributed by atoms with E-state index in [1.165, 1.54) is 17.7 Å². The number of hydrogen-bond acceptors (Lipinski definition) is 5. The minimum absolute atomic E-state index is 0.711. The van der Waals surface area contributed by atoms with Gasteiger partial charge in [0, 0.05) is 24.0 Å². The van der Waals surface area contributed by atoms with Crippen LogP contribution in [-0.2, 0) is 13.1 Å². The Bertz CT molecular complexity index is 519. The van der Waals surface area contributed by atoms with Gasteiger partial charge in [-0.15, -0.1) is 16.4 Å². The maximum absolute atomic E-state index is 4.37. The number of aromatic nitrogens is 2. The zero-order valence-electron chi connectivity index (χ0n) is 11.7. The van der Waals surface area contributed by atoms with Crippen molar-refractivity contribution in [1.29, 1.82) is 0 Å². The van der Waals surface area contributed by atoms with Gasteiger partial charge in [0.25, 0.3) is 0 Å². The van der Waals surface area contributed by atoms with Gasteiger partial charge in [-0.2, -0.15) is 5.10 Å². The first-order valence-electron chi connectivity index (χ1n) is 7.18. The van der Waals surface area contributed by atoms with E-state index in [9.17, 15) is 0 Å². The van der Waals surface area contributed by atoms with Gasteiger partial charge in [0.15, 0.2) is 5.82 Å². The van der Waals surface area contributed by atoms with E-state index >= 15 is 0 Å². The van der Waals surface area contributed by atoms with Gasteiger partial charge in [-0.05, 0) is 43.3 Å². The van der Waals surface area contributed by atoms with Crippen molar-refractivity contribution in [3.8, 4) is 0 Å². The third-order valence-electron chi connectivity index (χ3n) is 3.49. The molecule has 1 aliphatic carbocycles. The van der Waals surface area contributed by atoms with Crippen LogP contribution in [-0.4, -0.2) is 22.8 Å². The van der Waals surface area contributed by atoms with E-state index in [0.717, 1.165) is 31.1 Å². The topological polar surface area (TPSA) is 41.0 Å². The molecule has 5 heteroatoms. The Morgan fingerprint density at radius 2 is 2.20 bits per heavy atom. The van der Waals surface area contributed by atoms with Crippen molar-refractivity contribution in [3.05, 3.63) is 40.2 Å². The van der Waals surface area contributed by atoms with Crippen LogP contribution in [0.15, 0.2) is 29.6 Å². The SMILES string of the molecule is CCN(Cc1cccs1)c1ccc(CNC2CC2)nn1. The molecule has 2 aromatic heterocycles. The summed E-state index contributed by atoms with van der Waals surface area (Å²) in [6.45, 7) is 4.82. The van der Waals surface area contributed by atoms with Crippen LogP contribution in [0.3, 0.4) is 0 Å². The minimum Gasteiger partial charge on any atom is -0.350 e. The Morgan fingerprint density at radius 1 is 1.30 bits per heavy atom. The molecule has 0 bridgehead atoms. The maximum Gasteiger partial charge on any atom is 0.151 e. The maximum atomic E-state index is 4.37. The highest BCUT2D eigenvalue weighted by Crippen LogP contribution is 2.20. The lowest BCUT2D eigenvalue weighted by atomic mass is 10.3. The highest BCUT2D eigenvalue weighted by Gasteiger charge is 2.20. The molecule has 106 valence electrons. The summed E-state index contributed by atoms with van der Waals surface area (Å²) < 4.78 is 0. The van der Waals surface area contributed by atoms with Crippen LogP contribution in [0.2, 0.25) is 0 Å². The van der Waals surface area contributed by atoms with E-state index in [1.54, 1.807) is 11.3 Å². The Hall–Kier alpha value is -1.46. The first-order chi connectivity index (χ1) is 9.85. The molecule has 0 aliphatic heterocycles. The molecule has 2 aromatic rings. The number of nitrogens with zero attached hydrogens (tertiary/aromatic N) is 3. The van der Waals surface area contributed by atoms with E-state index in [4.69, 9.17) is 0 Å². The lowest BCUT2D eigenvalue weighted by Gasteiger charge is -2.20. The Labute approximate surface area is 123 Å². The van der Waals surface area contributed by atoms with Crippen LogP contribution in [0, 0.1) is 0 Å². The van der Waals surface area contributed by atoms with Gasteiger partial charge in [-0.3, -0.25) is 0 Å². The molecule has 0 radical (unpaired) electrons. The molecule has 1 N–H and O–H groups in total. The average Bonchev–Trinajstić information content (AvgIpc) is 3.18. The molecule has 0 saturated heterocycles. The Balaban J connectivity index is 1.61. The van der Waals surface area contributed by atoms with Gasteiger partial charge in [-0.1, -0.05) is 6.07 Å². The van der Waals surface area contributed by atoms with Crippen LogP contribution < -0.4 is 10.2 Å². The van der Waals surface area contributed by atoms with Gasteiger partial charge < -0.3 is 10.2 Å². The van der Waals surface area contributed by atoms with Crippen LogP contribution in [0.25, 0.3) is 0 Å². The van der Waals surface area contributed by atoms with Crippen molar-refractivity contribution < 1.29 is 0 Å². The third-order valence-corrected chi connectivity index (χ3v) is 4.35. The fourth-order valence-corrected chi connectivity index (χ4v) is 2.82.